The minimum absolute atomic E-state index is 0.0889. The van der Waals surface area contributed by atoms with E-state index in [0.717, 1.165) is 24.3 Å². The van der Waals surface area contributed by atoms with Gasteiger partial charge in [-0.3, -0.25) is 33.6 Å². The van der Waals surface area contributed by atoms with Gasteiger partial charge in [-0.05, 0) is 79.2 Å². The van der Waals surface area contributed by atoms with Crippen molar-refractivity contribution in [3.8, 4) is 11.5 Å². The number of aromatic hydroxyl groups is 1. The minimum atomic E-state index is -5.39. The maximum absolute atomic E-state index is 12.6. The summed E-state index contributed by atoms with van der Waals surface area (Å²) in [5, 5.41) is 47.9. The number of hydrogen-bond acceptors (Lipinski definition) is 19. The molecule has 0 atom stereocenters. The summed E-state index contributed by atoms with van der Waals surface area (Å²) in [6.45, 7) is 1.82. The topological polar surface area (TPSA) is 354 Å². The van der Waals surface area contributed by atoms with E-state index in [1.165, 1.54) is 30.3 Å². The second kappa shape index (κ2) is 17.7. The number of phenols is 1. The Morgan fingerprint density at radius 2 is 1.44 bits per heavy atom. The van der Waals surface area contributed by atoms with Crippen molar-refractivity contribution in [1.29, 1.82) is 0 Å². The number of azo groups is 3. The van der Waals surface area contributed by atoms with Crippen LogP contribution in [0.5, 0.6) is 11.5 Å². The number of nitrogens with one attached hydrogen (secondary N) is 1. The largest absolute Gasteiger partial charge is 0.505 e. The Balaban J connectivity index is 1.56. The molecule has 23 nitrogen and oxygen atoms in total. The number of nitrogen functional groups attached to an aromatic ring is 1. The van der Waals surface area contributed by atoms with Crippen molar-refractivity contribution in [1.82, 2.24) is 0 Å². The summed E-state index contributed by atoms with van der Waals surface area (Å²) in [5.41, 5.74) is 4.44. The van der Waals surface area contributed by atoms with Gasteiger partial charge in [0.15, 0.2) is 11.4 Å². The van der Waals surface area contributed by atoms with E-state index in [4.69, 9.17) is 10.5 Å². The van der Waals surface area contributed by atoms with Gasteiger partial charge in [0.05, 0.1) is 46.1 Å². The molecule has 0 saturated heterocycles. The average molecular weight is 850 g/mol. The van der Waals surface area contributed by atoms with Crippen molar-refractivity contribution in [3.63, 3.8) is 0 Å². The molecule has 0 aliphatic heterocycles. The Bertz CT molecular complexity index is 2830. The first-order chi connectivity index (χ1) is 27.9. The fourth-order valence-corrected chi connectivity index (χ4v) is 6.49. The number of rotatable bonds is 16. The van der Waals surface area contributed by atoms with E-state index in [-0.39, 0.29) is 37.3 Å². The zero-order valence-corrected chi connectivity index (χ0v) is 31.5. The van der Waals surface area contributed by atoms with Crippen LogP contribution in [0.4, 0.5) is 51.2 Å². The van der Waals surface area contributed by atoms with Crippen molar-refractivity contribution in [2.45, 2.75) is 23.1 Å². The summed E-state index contributed by atoms with van der Waals surface area (Å²) in [7, 11) is -10.6. The molecule has 1 amide bonds. The number of nitro benzene ring substituents is 1. The Hall–Kier alpha value is -7.61. The van der Waals surface area contributed by atoms with E-state index >= 15 is 0 Å². The van der Waals surface area contributed by atoms with Gasteiger partial charge in [0.1, 0.15) is 26.9 Å². The SMILES string of the molecule is Cc1cc(N=Nc2cc(S(=O)(=O)O)c3cc(S(=O)(=O)O)c(N=Nc4ccc(NC(=O)CCOC=O)cc4[N+](=O)[O-])c(O)c3c2N)ccc1N=Nc1ccc(OC=O)cc1. The number of aryl methyl sites for hydroxylation is 1. The summed E-state index contributed by atoms with van der Waals surface area (Å²) in [6.07, 6.45) is -0.278. The average Bonchev–Trinajstić information content (AvgIpc) is 3.17. The van der Waals surface area contributed by atoms with Crippen LogP contribution in [0.3, 0.4) is 0 Å². The van der Waals surface area contributed by atoms with Crippen molar-refractivity contribution in [2.75, 3.05) is 17.7 Å². The lowest BCUT2D eigenvalue weighted by molar-refractivity contribution is -0.384. The molecule has 59 heavy (non-hydrogen) atoms. The molecule has 0 bridgehead atoms. The molecule has 304 valence electrons. The van der Waals surface area contributed by atoms with E-state index < -0.39 is 85.8 Å². The lowest BCUT2D eigenvalue weighted by Gasteiger charge is -2.14. The summed E-state index contributed by atoms with van der Waals surface area (Å²) >= 11 is 0. The van der Waals surface area contributed by atoms with Gasteiger partial charge < -0.3 is 25.6 Å². The molecule has 0 unspecified atom stereocenters. The molecule has 0 aliphatic rings. The van der Waals surface area contributed by atoms with Gasteiger partial charge in [-0.25, -0.2) is 0 Å². The number of hydrogen-bond donors (Lipinski definition) is 5. The van der Waals surface area contributed by atoms with Crippen LogP contribution in [0.2, 0.25) is 0 Å². The Labute approximate surface area is 331 Å². The number of carbonyl (C=O) groups is 3. The van der Waals surface area contributed by atoms with Crippen LogP contribution >= 0.6 is 0 Å². The normalized spacial score (nSPS) is 12.0. The third kappa shape index (κ3) is 10.2. The number of amides is 1. The summed E-state index contributed by atoms with van der Waals surface area (Å²) in [4.78, 5) is 41.6. The number of anilines is 2. The van der Waals surface area contributed by atoms with E-state index in [9.17, 15) is 55.5 Å². The van der Waals surface area contributed by atoms with Crippen LogP contribution in [0, 0.1) is 17.0 Å². The molecule has 5 aromatic carbocycles. The number of ether oxygens (including phenoxy) is 2. The number of phenolic OH excluding ortho intramolecular Hbond substituents is 1. The van der Waals surface area contributed by atoms with Crippen molar-refractivity contribution in [2.24, 2.45) is 30.7 Å². The number of nitrogens with two attached hydrogens (primary N) is 1. The van der Waals surface area contributed by atoms with Gasteiger partial charge in [0, 0.05) is 17.1 Å². The Morgan fingerprint density at radius 3 is 2.07 bits per heavy atom. The van der Waals surface area contributed by atoms with Crippen molar-refractivity contribution < 1.29 is 59.8 Å². The Morgan fingerprint density at radius 1 is 0.814 bits per heavy atom. The standard InChI is InChI=1S/C34H27N9O14S2/c1-18-12-21(5-8-24(18)39-37-19-2-6-22(7-3-19)57-17-45)38-41-26-15-28(58(50,51)52)23-14-29(59(53,54)55)33(34(47)31(23)32(26)35)42-40-25-9-4-20(13-27(25)43(48)49)36-30(46)10-11-56-16-44/h2-9,12-17,47H,10-11,35H2,1H3,(H,36,46)(H,50,51,52)(H,53,54,55). The van der Waals surface area contributed by atoms with Gasteiger partial charge in [-0.1, -0.05) is 0 Å². The lowest BCUT2D eigenvalue weighted by Crippen LogP contribution is -2.14. The van der Waals surface area contributed by atoms with Crippen LogP contribution in [0.15, 0.2) is 113 Å². The monoisotopic (exact) mass is 849 g/mol. The third-order valence-corrected chi connectivity index (χ3v) is 9.61. The maximum atomic E-state index is 12.6. The number of nitro groups is 1. The highest BCUT2D eigenvalue weighted by molar-refractivity contribution is 7.86. The first-order valence-corrected chi connectivity index (χ1v) is 19.1. The van der Waals surface area contributed by atoms with Crippen molar-refractivity contribution >= 4 is 101 Å². The molecule has 0 aliphatic carbocycles. The number of nitrogens with zero attached hydrogens (tertiary/aromatic N) is 7. The first kappa shape index (κ1) is 42.5. The number of fused-ring (bicyclic) bond motifs is 1. The van der Waals surface area contributed by atoms with Crippen LogP contribution in [0.1, 0.15) is 12.0 Å². The highest BCUT2D eigenvalue weighted by atomic mass is 32.2. The summed E-state index contributed by atoms with van der Waals surface area (Å²) < 4.78 is 79.5. The molecule has 0 spiro atoms. The fraction of sp³-hybridized carbons (Fsp3) is 0.0882. The molecule has 5 aromatic rings. The fourth-order valence-electron chi connectivity index (χ4n) is 5.14. The zero-order chi connectivity index (χ0) is 43.1. The van der Waals surface area contributed by atoms with Crippen LogP contribution in [-0.4, -0.2) is 61.4 Å². The van der Waals surface area contributed by atoms with E-state index in [1.807, 2.05) is 0 Å². The second-order valence-corrected chi connectivity index (χ2v) is 14.5. The van der Waals surface area contributed by atoms with Crippen LogP contribution in [-0.2, 0) is 39.4 Å². The quantitative estimate of drug-likeness (QED) is 0.0125. The molecule has 0 saturated carbocycles. The van der Waals surface area contributed by atoms with Crippen LogP contribution < -0.4 is 15.8 Å². The minimum Gasteiger partial charge on any atom is -0.505 e. The van der Waals surface area contributed by atoms with Crippen LogP contribution in [0.25, 0.3) is 10.8 Å². The predicted molar refractivity (Wildman–Crippen MR) is 205 cm³/mol. The number of benzene rings is 5. The second-order valence-electron chi connectivity index (χ2n) is 11.8. The first-order valence-electron chi connectivity index (χ1n) is 16.2. The van der Waals surface area contributed by atoms with Gasteiger partial charge in [0.25, 0.3) is 38.9 Å². The van der Waals surface area contributed by atoms with E-state index in [1.54, 1.807) is 19.1 Å². The number of carbonyl (C=O) groups excluding carboxylic acids is 3. The van der Waals surface area contributed by atoms with E-state index in [2.05, 4.69) is 40.7 Å². The highest BCUT2D eigenvalue weighted by Gasteiger charge is 2.29. The maximum Gasteiger partial charge on any atom is 0.298 e. The predicted octanol–water partition coefficient (Wildman–Crippen LogP) is 7.12. The summed E-state index contributed by atoms with van der Waals surface area (Å²) in [6, 6.07) is 15.0. The zero-order valence-electron chi connectivity index (χ0n) is 29.9. The lowest BCUT2D eigenvalue weighted by atomic mass is 10.0. The molecular weight excluding hydrogens is 823 g/mol. The van der Waals surface area contributed by atoms with Crippen molar-refractivity contribution in [3.05, 3.63) is 88.5 Å². The highest BCUT2D eigenvalue weighted by Crippen LogP contribution is 2.48. The van der Waals surface area contributed by atoms with Gasteiger partial charge >= 0.3 is 0 Å². The molecule has 6 N–H and O–H groups in total. The molecule has 0 radical (unpaired) electrons. The molecule has 5 rings (SSSR count). The molecule has 0 fully saturated rings. The third-order valence-electron chi connectivity index (χ3n) is 7.85. The molecular formula is C34H27N9O14S2. The van der Waals surface area contributed by atoms with Gasteiger partial charge in [-0.2, -0.15) is 32.2 Å². The summed E-state index contributed by atoms with van der Waals surface area (Å²) in [5.74, 6) is -1.57. The molecule has 0 heterocycles. The smallest absolute Gasteiger partial charge is 0.298 e. The molecule has 25 heteroatoms. The van der Waals surface area contributed by atoms with Gasteiger partial charge in [-0.15, -0.1) is 15.3 Å². The Kier molecular flexibility index (Phi) is 12.7. The van der Waals surface area contributed by atoms with E-state index in [0.29, 0.717) is 28.8 Å². The molecule has 0 aromatic heterocycles. The van der Waals surface area contributed by atoms with Gasteiger partial charge in [0.2, 0.25) is 5.91 Å².